The lowest BCUT2D eigenvalue weighted by Gasteiger charge is -2.48. The fraction of sp³-hybridized carbons (Fsp3) is 0.500. The molecular formula is C28H37NO3. The van der Waals surface area contributed by atoms with Crippen LogP contribution in [0.3, 0.4) is 0 Å². The summed E-state index contributed by atoms with van der Waals surface area (Å²) in [6, 6.07) is 16.9. The van der Waals surface area contributed by atoms with Crippen molar-refractivity contribution in [2.24, 2.45) is 11.8 Å². The third kappa shape index (κ3) is 5.02. The van der Waals surface area contributed by atoms with Crippen molar-refractivity contribution in [1.29, 1.82) is 0 Å². The Hall–Kier alpha value is -2.30. The molecule has 1 N–H and O–H groups in total. The Labute approximate surface area is 192 Å². The number of aliphatic hydroxyl groups is 1. The molecule has 0 aromatic heterocycles. The molecule has 4 heteroatoms. The van der Waals surface area contributed by atoms with E-state index in [1.54, 1.807) is 14.2 Å². The van der Waals surface area contributed by atoms with Gasteiger partial charge in [-0.1, -0.05) is 42.5 Å². The van der Waals surface area contributed by atoms with Crippen molar-refractivity contribution in [3.8, 4) is 11.5 Å². The molecule has 2 aromatic rings. The molecule has 0 aliphatic heterocycles. The molecule has 4 nitrogen and oxygen atoms in total. The predicted octanol–water partition coefficient (Wildman–Crippen LogP) is 5.20. The van der Waals surface area contributed by atoms with E-state index < -0.39 is 5.60 Å². The largest absolute Gasteiger partial charge is 0.493 e. The second-order valence-electron chi connectivity index (χ2n) is 9.52. The van der Waals surface area contributed by atoms with Gasteiger partial charge < -0.3 is 19.5 Å². The molecule has 0 heterocycles. The van der Waals surface area contributed by atoms with E-state index in [2.05, 4.69) is 60.5 Å². The average molecular weight is 436 g/mol. The molecule has 2 aromatic carbocycles. The number of allylic oxidation sites excluding steroid dienone is 1. The Morgan fingerprint density at radius 1 is 1.00 bits per heavy atom. The molecule has 0 spiro atoms. The van der Waals surface area contributed by atoms with Gasteiger partial charge in [0, 0.05) is 12.5 Å². The summed E-state index contributed by atoms with van der Waals surface area (Å²) in [5.74, 6) is 2.33. The van der Waals surface area contributed by atoms with Gasteiger partial charge in [-0.25, -0.2) is 0 Å². The summed E-state index contributed by atoms with van der Waals surface area (Å²) in [4.78, 5) is 2.36. The number of ether oxygens (including phenoxy) is 2. The minimum atomic E-state index is -0.557. The molecule has 0 radical (unpaired) electrons. The zero-order valence-corrected chi connectivity index (χ0v) is 19.7. The molecule has 1 saturated carbocycles. The maximum absolute atomic E-state index is 11.5. The molecule has 0 amide bonds. The standard InChI is InChI=1S/C28H37NO3/c1-29(16-7-8-21-11-14-26(31-2)27(18-21)32-3)17-15-28(30)20-23-12-13-24(28)19-25(23)22-9-5-4-6-10-22/h4-6,9-11,14,18-19,23-24,30H,7-8,12-13,15-17,20H2,1-3H3/t23-,24-,28+/m1/s1. The Morgan fingerprint density at radius 3 is 2.47 bits per heavy atom. The fourth-order valence-electron chi connectivity index (χ4n) is 5.52. The second kappa shape index (κ2) is 10.1. The van der Waals surface area contributed by atoms with Crippen LogP contribution in [0.2, 0.25) is 0 Å². The Morgan fingerprint density at radius 2 is 1.78 bits per heavy atom. The van der Waals surface area contributed by atoms with Gasteiger partial charge in [0.2, 0.25) is 0 Å². The Balaban J connectivity index is 1.27. The van der Waals surface area contributed by atoms with E-state index in [1.807, 2.05) is 6.07 Å². The van der Waals surface area contributed by atoms with Crippen LogP contribution >= 0.6 is 0 Å². The minimum absolute atomic E-state index is 0.280. The van der Waals surface area contributed by atoms with Crippen LogP contribution in [0.1, 0.15) is 43.2 Å². The topological polar surface area (TPSA) is 41.9 Å². The first kappa shape index (κ1) is 22.9. The van der Waals surface area contributed by atoms with E-state index in [9.17, 15) is 5.11 Å². The van der Waals surface area contributed by atoms with E-state index >= 15 is 0 Å². The molecule has 2 bridgehead atoms. The lowest BCUT2D eigenvalue weighted by atomic mass is 9.61. The molecule has 5 rings (SSSR count). The number of methoxy groups -OCH3 is 2. The van der Waals surface area contributed by atoms with Crippen LogP contribution < -0.4 is 9.47 Å². The second-order valence-corrected chi connectivity index (χ2v) is 9.52. The van der Waals surface area contributed by atoms with Gasteiger partial charge in [0.05, 0.1) is 19.8 Å². The first-order valence-corrected chi connectivity index (χ1v) is 11.9. The molecule has 172 valence electrons. The normalized spacial score (nSPS) is 24.5. The molecular weight excluding hydrogens is 398 g/mol. The van der Waals surface area contributed by atoms with Gasteiger partial charge in [-0.05, 0) is 86.9 Å². The van der Waals surface area contributed by atoms with Gasteiger partial charge in [-0.3, -0.25) is 0 Å². The van der Waals surface area contributed by atoms with Gasteiger partial charge >= 0.3 is 0 Å². The van der Waals surface area contributed by atoms with Crippen molar-refractivity contribution in [3.63, 3.8) is 0 Å². The number of benzene rings is 2. The maximum Gasteiger partial charge on any atom is 0.160 e. The van der Waals surface area contributed by atoms with Crippen LogP contribution in [-0.4, -0.2) is 50.0 Å². The smallest absolute Gasteiger partial charge is 0.160 e. The third-order valence-corrected chi connectivity index (χ3v) is 7.42. The monoisotopic (exact) mass is 435 g/mol. The molecule has 3 aliphatic carbocycles. The van der Waals surface area contributed by atoms with Gasteiger partial charge in [0.15, 0.2) is 11.5 Å². The van der Waals surface area contributed by atoms with Gasteiger partial charge in [-0.2, -0.15) is 0 Å². The van der Waals surface area contributed by atoms with Crippen molar-refractivity contribution in [2.75, 3.05) is 34.4 Å². The van der Waals surface area contributed by atoms with E-state index in [1.165, 1.54) is 23.1 Å². The van der Waals surface area contributed by atoms with Crippen LogP contribution in [0.5, 0.6) is 11.5 Å². The lowest BCUT2D eigenvalue weighted by Crippen LogP contribution is -2.48. The number of aryl methyl sites for hydroxylation is 1. The van der Waals surface area contributed by atoms with Crippen LogP contribution in [0, 0.1) is 11.8 Å². The molecule has 3 aliphatic rings. The summed E-state index contributed by atoms with van der Waals surface area (Å²) in [5, 5.41) is 11.5. The van der Waals surface area contributed by atoms with Crippen LogP contribution in [0.4, 0.5) is 0 Å². The number of hydrogen-bond donors (Lipinski definition) is 1. The summed E-state index contributed by atoms with van der Waals surface area (Å²) in [5.41, 5.74) is 3.49. The molecule has 0 unspecified atom stereocenters. The number of hydrogen-bond acceptors (Lipinski definition) is 4. The summed E-state index contributed by atoms with van der Waals surface area (Å²) < 4.78 is 10.7. The summed E-state index contributed by atoms with van der Waals surface area (Å²) >= 11 is 0. The highest BCUT2D eigenvalue weighted by atomic mass is 16.5. The molecule has 0 saturated heterocycles. The van der Waals surface area contributed by atoms with Crippen molar-refractivity contribution in [3.05, 3.63) is 65.7 Å². The molecule has 32 heavy (non-hydrogen) atoms. The first-order valence-electron chi connectivity index (χ1n) is 11.9. The lowest BCUT2D eigenvalue weighted by molar-refractivity contribution is -0.0574. The highest BCUT2D eigenvalue weighted by Gasteiger charge is 2.46. The van der Waals surface area contributed by atoms with Gasteiger partial charge in [0.1, 0.15) is 0 Å². The minimum Gasteiger partial charge on any atom is -0.493 e. The van der Waals surface area contributed by atoms with E-state index in [0.717, 1.165) is 56.7 Å². The highest BCUT2D eigenvalue weighted by molar-refractivity contribution is 5.69. The van der Waals surface area contributed by atoms with Crippen molar-refractivity contribution in [2.45, 2.75) is 44.1 Å². The Bertz CT molecular complexity index is 926. The van der Waals surface area contributed by atoms with Crippen LogP contribution in [0.25, 0.3) is 5.57 Å². The fourth-order valence-corrected chi connectivity index (χ4v) is 5.52. The van der Waals surface area contributed by atoms with Crippen LogP contribution in [-0.2, 0) is 6.42 Å². The molecule has 3 atom stereocenters. The molecule has 1 fully saturated rings. The Kier molecular flexibility index (Phi) is 7.22. The van der Waals surface area contributed by atoms with Crippen molar-refractivity contribution >= 4 is 5.57 Å². The number of fused-ring (bicyclic) bond motifs is 2. The summed E-state index contributed by atoms with van der Waals surface area (Å²) in [6.07, 6.45) is 8.52. The predicted molar refractivity (Wildman–Crippen MR) is 130 cm³/mol. The van der Waals surface area contributed by atoms with E-state index in [0.29, 0.717) is 5.92 Å². The zero-order chi connectivity index (χ0) is 22.6. The SMILES string of the molecule is COc1ccc(CCCN(C)CC[C@]2(O)C[C@H]3CC[C@@H]2C=C3c2ccccc2)cc1OC. The summed E-state index contributed by atoms with van der Waals surface area (Å²) in [6.45, 7) is 1.95. The highest BCUT2D eigenvalue weighted by Crippen LogP contribution is 2.51. The number of rotatable bonds is 10. The third-order valence-electron chi connectivity index (χ3n) is 7.42. The quantitative estimate of drug-likeness (QED) is 0.557. The summed E-state index contributed by atoms with van der Waals surface area (Å²) in [7, 11) is 5.51. The maximum atomic E-state index is 11.5. The van der Waals surface area contributed by atoms with E-state index in [4.69, 9.17) is 9.47 Å². The van der Waals surface area contributed by atoms with Gasteiger partial charge in [-0.15, -0.1) is 0 Å². The van der Waals surface area contributed by atoms with E-state index in [-0.39, 0.29) is 5.92 Å². The van der Waals surface area contributed by atoms with Crippen molar-refractivity contribution in [1.82, 2.24) is 4.90 Å². The zero-order valence-electron chi connectivity index (χ0n) is 19.7. The number of nitrogens with zero attached hydrogens (tertiary/aromatic N) is 1. The van der Waals surface area contributed by atoms with Crippen LogP contribution in [0.15, 0.2) is 54.6 Å². The van der Waals surface area contributed by atoms with Crippen molar-refractivity contribution < 1.29 is 14.6 Å². The average Bonchev–Trinajstić information content (AvgIpc) is 2.83. The first-order chi connectivity index (χ1) is 15.5. The van der Waals surface area contributed by atoms with Gasteiger partial charge in [0.25, 0.3) is 0 Å².